The van der Waals surface area contributed by atoms with Crippen molar-refractivity contribution in [2.24, 2.45) is 0 Å². The van der Waals surface area contributed by atoms with Crippen molar-refractivity contribution >= 4 is 0 Å². The maximum atomic E-state index is 13.2. The van der Waals surface area contributed by atoms with Crippen LogP contribution in [0.5, 0.6) is 0 Å². The van der Waals surface area contributed by atoms with Gasteiger partial charge in [-0.05, 0) is 43.9 Å². The number of rotatable bonds is 4. The van der Waals surface area contributed by atoms with Crippen molar-refractivity contribution in [1.82, 2.24) is 10.2 Å². The molecule has 1 aromatic rings. The number of nitrogens with zero attached hydrogens (tertiary/aromatic N) is 1. The molecule has 98 valence electrons. The molecule has 2 nitrogen and oxygen atoms in total. The lowest BCUT2D eigenvalue weighted by molar-refractivity contribution is 0.313. The van der Waals surface area contributed by atoms with Crippen molar-refractivity contribution < 1.29 is 4.39 Å². The molecule has 0 radical (unpaired) electrons. The molecule has 1 saturated heterocycles. The van der Waals surface area contributed by atoms with Gasteiger partial charge in [0.05, 0.1) is 0 Å². The summed E-state index contributed by atoms with van der Waals surface area (Å²) in [5.41, 5.74) is 1.04. The third kappa shape index (κ3) is 2.73. The van der Waals surface area contributed by atoms with Gasteiger partial charge in [-0.1, -0.05) is 12.1 Å². The van der Waals surface area contributed by atoms with Gasteiger partial charge in [0, 0.05) is 31.2 Å². The second-order valence-corrected chi connectivity index (χ2v) is 5.66. The Hall–Kier alpha value is -0.930. The summed E-state index contributed by atoms with van der Waals surface area (Å²) in [4.78, 5) is 2.59. The van der Waals surface area contributed by atoms with Crippen LogP contribution >= 0.6 is 0 Å². The largest absolute Gasteiger partial charge is 0.306 e. The highest BCUT2D eigenvalue weighted by Crippen LogP contribution is 2.30. The van der Waals surface area contributed by atoms with Crippen LogP contribution in [0.1, 0.15) is 37.8 Å². The smallest absolute Gasteiger partial charge is 0.123 e. The predicted octanol–water partition coefficient (Wildman–Crippen LogP) is 2.71. The van der Waals surface area contributed by atoms with Gasteiger partial charge < -0.3 is 5.32 Å². The Kier molecular flexibility index (Phi) is 3.35. The molecule has 0 amide bonds. The summed E-state index contributed by atoms with van der Waals surface area (Å²) in [5.74, 6) is -0.146. The van der Waals surface area contributed by atoms with Crippen LogP contribution in [-0.4, -0.2) is 30.1 Å². The summed E-state index contributed by atoms with van der Waals surface area (Å²) in [6.07, 6.45) is 3.98. The molecule has 3 heteroatoms. The van der Waals surface area contributed by atoms with Gasteiger partial charge in [-0.2, -0.15) is 0 Å². The molecular weight excluding hydrogens is 227 g/mol. The van der Waals surface area contributed by atoms with Crippen LogP contribution < -0.4 is 5.32 Å². The average Bonchev–Trinajstić information content (AvgIpc) is 3.11. The SMILES string of the molecule is CC(NC1CCN(C2CC2)C1)c1cccc(F)c1. The molecule has 2 fully saturated rings. The number of halogens is 1. The van der Waals surface area contributed by atoms with Crippen molar-refractivity contribution in [3.05, 3.63) is 35.6 Å². The molecule has 1 aliphatic carbocycles. The van der Waals surface area contributed by atoms with Crippen LogP contribution in [0.2, 0.25) is 0 Å². The van der Waals surface area contributed by atoms with Crippen LogP contribution in [-0.2, 0) is 0 Å². The predicted molar refractivity (Wildman–Crippen MR) is 71.0 cm³/mol. The summed E-state index contributed by atoms with van der Waals surface area (Å²) >= 11 is 0. The Morgan fingerprint density at radius 1 is 1.33 bits per heavy atom. The van der Waals surface area contributed by atoms with E-state index in [1.807, 2.05) is 6.07 Å². The zero-order chi connectivity index (χ0) is 12.5. The molecule has 1 aromatic carbocycles. The minimum atomic E-state index is -0.146. The first kappa shape index (κ1) is 12.1. The lowest BCUT2D eigenvalue weighted by atomic mass is 10.1. The van der Waals surface area contributed by atoms with E-state index in [9.17, 15) is 4.39 Å². The van der Waals surface area contributed by atoms with Crippen molar-refractivity contribution in [3.63, 3.8) is 0 Å². The first-order chi connectivity index (χ1) is 8.72. The van der Waals surface area contributed by atoms with E-state index in [0.717, 1.165) is 18.2 Å². The molecular formula is C15H21FN2. The first-order valence-electron chi connectivity index (χ1n) is 6.98. The molecule has 0 bridgehead atoms. The molecule has 1 saturated carbocycles. The minimum absolute atomic E-state index is 0.146. The molecule has 0 aromatic heterocycles. The zero-order valence-electron chi connectivity index (χ0n) is 10.9. The Balaban J connectivity index is 1.56. The molecule has 3 rings (SSSR count). The molecule has 2 atom stereocenters. The van der Waals surface area contributed by atoms with Crippen LogP contribution in [0.3, 0.4) is 0 Å². The van der Waals surface area contributed by atoms with E-state index >= 15 is 0 Å². The maximum Gasteiger partial charge on any atom is 0.123 e. The van der Waals surface area contributed by atoms with Crippen molar-refractivity contribution in [1.29, 1.82) is 0 Å². The van der Waals surface area contributed by atoms with E-state index in [-0.39, 0.29) is 11.9 Å². The van der Waals surface area contributed by atoms with Gasteiger partial charge in [-0.3, -0.25) is 4.90 Å². The fourth-order valence-corrected chi connectivity index (χ4v) is 2.92. The highest BCUT2D eigenvalue weighted by molar-refractivity contribution is 5.19. The van der Waals surface area contributed by atoms with Crippen molar-refractivity contribution in [2.45, 2.75) is 44.3 Å². The Morgan fingerprint density at radius 2 is 2.17 bits per heavy atom. The summed E-state index contributed by atoms with van der Waals surface area (Å²) in [7, 11) is 0. The Morgan fingerprint density at radius 3 is 2.89 bits per heavy atom. The fraction of sp³-hybridized carbons (Fsp3) is 0.600. The lowest BCUT2D eigenvalue weighted by Crippen LogP contribution is -2.35. The second kappa shape index (κ2) is 4.98. The van der Waals surface area contributed by atoms with Gasteiger partial charge in [0.1, 0.15) is 5.82 Å². The van der Waals surface area contributed by atoms with Crippen molar-refractivity contribution in [2.75, 3.05) is 13.1 Å². The molecule has 0 spiro atoms. The molecule has 1 heterocycles. The number of nitrogens with one attached hydrogen (secondary N) is 1. The lowest BCUT2D eigenvalue weighted by Gasteiger charge is -2.20. The number of hydrogen-bond acceptors (Lipinski definition) is 2. The molecule has 1 N–H and O–H groups in total. The average molecular weight is 248 g/mol. The normalized spacial score (nSPS) is 26.4. The molecule has 2 aliphatic rings. The maximum absolute atomic E-state index is 13.2. The van der Waals surface area contributed by atoms with E-state index in [1.54, 1.807) is 12.1 Å². The standard InChI is InChI=1S/C15H21FN2/c1-11(12-3-2-4-13(16)9-12)17-14-7-8-18(10-14)15-5-6-15/h2-4,9,11,14-15,17H,5-8,10H2,1H3. The van der Waals surface area contributed by atoms with Gasteiger partial charge in [0.15, 0.2) is 0 Å². The quantitative estimate of drug-likeness (QED) is 0.881. The van der Waals surface area contributed by atoms with Gasteiger partial charge >= 0.3 is 0 Å². The third-order valence-corrected chi connectivity index (χ3v) is 4.12. The topological polar surface area (TPSA) is 15.3 Å². The van der Waals surface area contributed by atoms with E-state index in [0.29, 0.717) is 6.04 Å². The summed E-state index contributed by atoms with van der Waals surface area (Å²) in [6, 6.07) is 8.56. The second-order valence-electron chi connectivity index (χ2n) is 5.66. The zero-order valence-corrected chi connectivity index (χ0v) is 10.9. The van der Waals surface area contributed by atoms with E-state index in [4.69, 9.17) is 0 Å². The summed E-state index contributed by atoms with van der Waals surface area (Å²) in [6.45, 7) is 4.50. The molecule has 18 heavy (non-hydrogen) atoms. The van der Waals surface area contributed by atoms with E-state index in [1.165, 1.54) is 31.9 Å². The monoisotopic (exact) mass is 248 g/mol. The van der Waals surface area contributed by atoms with Gasteiger partial charge in [0.25, 0.3) is 0 Å². The van der Waals surface area contributed by atoms with Gasteiger partial charge in [0.2, 0.25) is 0 Å². The van der Waals surface area contributed by atoms with Crippen LogP contribution in [0.25, 0.3) is 0 Å². The van der Waals surface area contributed by atoms with Crippen LogP contribution in [0.15, 0.2) is 24.3 Å². The summed E-state index contributed by atoms with van der Waals surface area (Å²) < 4.78 is 13.2. The van der Waals surface area contributed by atoms with E-state index < -0.39 is 0 Å². The number of likely N-dealkylation sites (tertiary alicyclic amines) is 1. The van der Waals surface area contributed by atoms with Gasteiger partial charge in [-0.25, -0.2) is 4.39 Å². The minimum Gasteiger partial charge on any atom is -0.306 e. The molecule has 1 aliphatic heterocycles. The van der Waals surface area contributed by atoms with Crippen LogP contribution in [0.4, 0.5) is 4.39 Å². The van der Waals surface area contributed by atoms with Crippen molar-refractivity contribution in [3.8, 4) is 0 Å². The van der Waals surface area contributed by atoms with Gasteiger partial charge in [-0.15, -0.1) is 0 Å². The summed E-state index contributed by atoms with van der Waals surface area (Å²) in [5, 5.41) is 3.63. The Bertz CT molecular complexity index is 417. The Labute approximate surface area is 108 Å². The fourth-order valence-electron chi connectivity index (χ4n) is 2.92. The van der Waals surface area contributed by atoms with Crippen LogP contribution in [0, 0.1) is 5.82 Å². The third-order valence-electron chi connectivity index (χ3n) is 4.12. The molecule has 2 unspecified atom stereocenters. The highest BCUT2D eigenvalue weighted by atomic mass is 19.1. The first-order valence-corrected chi connectivity index (χ1v) is 6.98. The number of benzene rings is 1. The number of hydrogen-bond donors (Lipinski definition) is 1. The highest BCUT2D eigenvalue weighted by Gasteiger charge is 2.34. The van der Waals surface area contributed by atoms with E-state index in [2.05, 4.69) is 17.1 Å².